The molecule has 0 N–H and O–H groups in total. The standard InChI is InChI=1S/C23H26N2O3/c1-3-28-22(27)23(13-17-7-5-4-6-8-17)14-19-11-12-20(23)25(19)21(26)18-10-9-16(2)24-15-18/h4-10,15,19-20H,3,11-14H2,1-2H3/t19-,20+,23+/m1/s1. The lowest BCUT2D eigenvalue weighted by atomic mass is 9.70. The molecule has 146 valence electrons. The summed E-state index contributed by atoms with van der Waals surface area (Å²) in [5.74, 6) is -0.204. The van der Waals surface area contributed by atoms with Crippen molar-refractivity contribution in [2.24, 2.45) is 5.41 Å². The molecule has 5 heteroatoms. The number of pyridine rings is 1. The normalized spacial score (nSPS) is 25.7. The first-order valence-electron chi connectivity index (χ1n) is 10.0. The number of carbonyl (C=O) groups excluding carboxylic acids is 2. The Hall–Kier alpha value is -2.69. The summed E-state index contributed by atoms with van der Waals surface area (Å²) < 4.78 is 5.51. The van der Waals surface area contributed by atoms with Crippen LogP contribution in [0.5, 0.6) is 0 Å². The number of aryl methyl sites for hydroxylation is 1. The number of aromatic nitrogens is 1. The van der Waals surface area contributed by atoms with Gasteiger partial charge >= 0.3 is 5.97 Å². The van der Waals surface area contributed by atoms with Gasteiger partial charge in [-0.15, -0.1) is 0 Å². The summed E-state index contributed by atoms with van der Waals surface area (Å²) in [6.45, 7) is 4.09. The number of fused-ring (bicyclic) bond motifs is 2. The van der Waals surface area contributed by atoms with Crippen LogP contribution < -0.4 is 0 Å². The third-order valence-electron chi connectivity index (χ3n) is 6.18. The van der Waals surface area contributed by atoms with Crippen LogP contribution in [0.25, 0.3) is 0 Å². The molecule has 28 heavy (non-hydrogen) atoms. The average molecular weight is 378 g/mol. The highest BCUT2D eigenvalue weighted by atomic mass is 16.5. The van der Waals surface area contributed by atoms with Crippen LogP contribution in [0.15, 0.2) is 48.7 Å². The summed E-state index contributed by atoms with van der Waals surface area (Å²) in [7, 11) is 0. The number of rotatable bonds is 5. The summed E-state index contributed by atoms with van der Waals surface area (Å²) in [6, 6.07) is 13.7. The molecule has 3 heterocycles. The smallest absolute Gasteiger partial charge is 0.314 e. The van der Waals surface area contributed by atoms with Gasteiger partial charge in [0.05, 0.1) is 17.6 Å². The number of benzene rings is 1. The predicted molar refractivity (Wildman–Crippen MR) is 106 cm³/mol. The van der Waals surface area contributed by atoms with Crippen LogP contribution in [0.4, 0.5) is 0 Å². The number of amides is 1. The maximum absolute atomic E-state index is 13.3. The fraction of sp³-hybridized carbons (Fsp3) is 0.435. The van der Waals surface area contributed by atoms with Gasteiger partial charge in [0.15, 0.2) is 0 Å². The third-order valence-corrected chi connectivity index (χ3v) is 6.18. The van der Waals surface area contributed by atoms with E-state index in [4.69, 9.17) is 4.74 Å². The van der Waals surface area contributed by atoms with Gasteiger partial charge in [0.1, 0.15) is 0 Å². The van der Waals surface area contributed by atoms with E-state index in [1.165, 1.54) is 0 Å². The maximum Gasteiger partial charge on any atom is 0.314 e. The molecule has 5 nitrogen and oxygen atoms in total. The van der Waals surface area contributed by atoms with Crippen molar-refractivity contribution in [3.05, 3.63) is 65.5 Å². The summed E-state index contributed by atoms with van der Waals surface area (Å²) in [6.07, 6.45) is 4.67. The second kappa shape index (κ2) is 7.38. The highest BCUT2D eigenvalue weighted by molar-refractivity contribution is 5.96. The molecule has 0 spiro atoms. The Morgan fingerprint density at radius 2 is 1.96 bits per heavy atom. The van der Waals surface area contributed by atoms with Gasteiger partial charge in [-0.25, -0.2) is 0 Å². The SMILES string of the molecule is CCOC(=O)[C@@]1(Cc2ccccc2)C[C@H]2CC[C@@H]1N2C(=O)c1ccc(C)nc1. The zero-order valence-electron chi connectivity index (χ0n) is 16.4. The molecular formula is C23H26N2O3. The monoisotopic (exact) mass is 378 g/mol. The minimum absolute atomic E-state index is 0.0285. The second-order valence-corrected chi connectivity index (χ2v) is 7.89. The molecule has 2 aromatic rings. The number of carbonyl (C=O) groups is 2. The molecule has 2 bridgehead atoms. The third kappa shape index (κ3) is 3.09. The van der Waals surface area contributed by atoms with E-state index in [1.807, 2.05) is 61.2 Å². The molecular weight excluding hydrogens is 352 g/mol. The molecule has 0 saturated carbocycles. The molecule has 2 aliphatic rings. The van der Waals surface area contributed by atoms with Crippen molar-refractivity contribution in [1.29, 1.82) is 0 Å². The van der Waals surface area contributed by atoms with Crippen molar-refractivity contribution < 1.29 is 14.3 Å². The topological polar surface area (TPSA) is 59.5 Å². The number of esters is 1. The summed E-state index contributed by atoms with van der Waals surface area (Å²) in [5, 5.41) is 0. The zero-order chi connectivity index (χ0) is 19.7. The van der Waals surface area contributed by atoms with Crippen LogP contribution in [0, 0.1) is 12.3 Å². The number of nitrogens with zero attached hydrogens (tertiary/aromatic N) is 2. The van der Waals surface area contributed by atoms with E-state index in [1.54, 1.807) is 6.20 Å². The van der Waals surface area contributed by atoms with Gasteiger partial charge in [0.25, 0.3) is 5.91 Å². The van der Waals surface area contributed by atoms with E-state index in [2.05, 4.69) is 4.98 Å². The zero-order valence-corrected chi connectivity index (χ0v) is 16.4. The van der Waals surface area contributed by atoms with E-state index in [9.17, 15) is 9.59 Å². The molecule has 1 aromatic carbocycles. The van der Waals surface area contributed by atoms with Gasteiger partial charge in [-0.3, -0.25) is 14.6 Å². The summed E-state index contributed by atoms with van der Waals surface area (Å²) in [5.41, 5.74) is 1.90. The van der Waals surface area contributed by atoms with E-state index >= 15 is 0 Å². The average Bonchev–Trinajstić information content (AvgIpc) is 3.25. The molecule has 0 unspecified atom stereocenters. The van der Waals surface area contributed by atoms with E-state index < -0.39 is 5.41 Å². The van der Waals surface area contributed by atoms with Gasteiger partial charge in [0, 0.05) is 24.0 Å². The van der Waals surface area contributed by atoms with Gasteiger partial charge in [-0.05, 0) is 57.2 Å². The molecule has 3 atom stereocenters. The number of hydrogen-bond acceptors (Lipinski definition) is 4. The fourth-order valence-electron chi connectivity index (χ4n) is 4.95. The van der Waals surface area contributed by atoms with Gasteiger partial charge < -0.3 is 9.64 Å². The largest absolute Gasteiger partial charge is 0.465 e. The Bertz CT molecular complexity index is 865. The van der Waals surface area contributed by atoms with E-state index in [0.717, 1.165) is 24.1 Å². The van der Waals surface area contributed by atoms with Crippen LogP contribution in [0.1, 0.15) is 47.8 Å². The summed E-state index contributed by atoms with van der Waals surface area (Å²) >= 11 is 0. The molecule has 1 aromatic heterocycles. The summed E-state index contributed by atoms with van der Waals surface area (Å²) in [4.78, 5) is 32.6. The lowest BCUT2D eigenvalue weighted by Crippen LogP contribution is -2.47. The second-order valence-electron chi connectivity index (χ2n) is 7.89. The van der Waals surface area contributed by atoms with Gasteiger partial charge in [-0.2, -0.15) is 0 Å². The molecule has 0 radical (unpaired) electrons. The molecule has 0 aliphatic carbocycles. The quantitative estimate of drug-likeness (QED) is 0.747. The Morgan fingerprint density at radius 3 is 2.64 bits per heavy atom. The molecule has 2 aliphatic heterocycles. The van der Waals surface area contributed by atoms with Crippen LogP contribution in [-0.4, -0.2) is 40.5 Å². The van der Waals surface area contributed by atoms with Crippen molar-refractivity contribution in [3.63, 3.8) is 0 Å². The molecule has 2 fully saturated rings. The maximum atomic E-state index is 13.3. The lowest BCUT2D eigenvalue weighted by molar-refractivity contribution is -0.157. The highest BCUT2D eigenvalue weighted by Crippen LogP contribution is 2.52. The van der Waals surface area contributed by atoms with Gasteiger partial charge in [-0.1, -0.05) is 30.3 Å². The van der Waals surface area contributed by atoms with Crippen molar-refractivity contribution in [3.8, 4) is 0 Å². The first-order valence-corrected chi connectivity index (χ1v) is 10.0. The van der Waals surface area contributed by atoms with Crippen LogP contribution >= 0.6 is 0 Å². The minimum Gasteiger partial charge on any atom is -0.465 e. The predicted octanol–water partition coefficient (Wildman–Crippen LogP) is 3.56. The first kappa shape index (κ1) is 18.7. The minimum atomic E-state index is -0.673. The van der Waals surface area contributed by atoms with Gasteiger partial charge in [0.2, 0.25) is 0 Å². The lowest BCUT2D eigenvalue weighted by Gasteiger charge is -2.35. The number of ether oxygens (including phenoxy) is 1. The highest BCUT2D eigenvalue weighted by Gasteiger charge is 2.61. The van der Waals surface area contributed by atoms with E-state index in [-0.39, 0.29) is 24.0 Å². The molecule has 1 amide bonds. The van der Waals surface area contributed by atoms with Crippen molar-refractivity contribution in [1.82, 2.24) is 9.88 Å². The fourth-order valence-corrected chi connectivity index (χ4v) is 4.95. The molecule has 2 saturated heterocycles. The van der Waals surface area contributed by atoms with Crippen LogP contribution in [0.2, 0.25) is 0 Å². The first-order chi connectivity index (χ1) is 13.5. The van der Waals surface area contributed by atoms with Crippen molar-refractivity contribution in [2.45, 2.75) is 51.6 Å². The van der Waals surface area contributed by atoms with Crippen LogP contribution in [0.3, 0.4) is 0 Å². The number of hydrogen-bond donors (Lipinski definition) is 0. The Morgan fingerprint density at radius 1 is 1.18 bits per heavy atom. The molecule has 4 rings (SSSR count). The van der Waals surface area contributed by atoms with Crippen LogP contribution in [-0.2, 0) is 16.0 Å². The Labute approximate surface area is 165 Å². The van der Waals surface area contributed by atoms with Crippen molar-refractivity contribution in [2.75, 3.05) is 6.61 Å². The Balaban J connectivity index is 1.68. The Kier molecular flexibility index (Phi) is 4.92. The van der Waals surface area contributed by atoms with E-state index in [0.29, 0.717) is 25.0 Å². The van der Waals surface area contributed by atoms with Crippen molar-refractivity contribution >= 4 is 11.9 Å².